The van der Waals surface area contributed by atoms with Gasteiger partial charge in [0.25, 0.3) is 5.91 Å². The summed E-state index contributed by atoms with van der Waals surface area (Å²) in [5, 5.41) is 7.36. The van der Waals surface area contributed by atoms with E-state index in [9.17, 15) is 4.79 Å². The highest BCUT2D eigenvalue weighted by Gasteiger charge is 2.27. The molecule has 0 saturated carbocycles. The molecular weight excluding hydrogens is 432 g/mol. The summed E-state index contributed by atoms with van der Waals surface area (Å²) in [6, 6.07) is 5.92. The molecule has 1 saturated heterocycles. The number of aromatic nitrogens is 3. The molecule has 9 heteroatoms. The van der Waals surface area contributed by atoms with E-state index < -0.39 is 0 Å². The van der Waals surface area contributed by atoms with Gasteiger partial charge in [-0.1, -0.05) is 13.8 Å². The summed E-state index contributed by atoms with van der Waals surface area (Å²) in [4.78, 5) is 21.9. The number of nitrogens with zero attached hydrogens (tertiary/aromatic N) is 5. The highest BCUT2D eigenvalue weighted by atomic mass is 16.5. The number of hydrogen-bond donors (Lipinski definition) is 1. The maximum atomic E-state index is 13.2. The lowest BCUT2D eigenvalue weighted by atomic mass is 10.1. The maximum absolute atomic E-state index is 13.2. The maximum Gasteiger partial charge on any atom is 0.261 e. The number of nitrogens with one attached hydrogen (secondary N) is 1. The van der Waals surface area contributed by atoms with Crippen LogP contribution in [0.4, 0.5) is 11.4 Å². The summed E-state index contributed by atoms with van der Waals surface area (Å²) in [6.07, 6.45) is 6.95. The van der Waals surface area contributed by atoms with Gasteiger partial charge in [0.1, 0.15) is 17.4 Å². The Hall–Kier alpha value is -3.17. The Morgan fingerprint density at radius 2 is 2.03 bits per heavy atom. The number of ether oxygens (including phenoxy) is 2. The van der Waals surface area contributed by atoms with Crippen LogP contribution in [-0.2, 0) is 11.2 Å². The van der Waals surface area contributed by atoms with Crippen LogP contribution in [0.5, 0.6) is 5.75 Å². The molecule has 182 valence electrons. The first kappa shape index (κ1) is 24.0. The number of carbonyl (C=O) groups excluding carboxylic acids is 1. The molecule has 0 radical (unpaired) electrons. The average molecular weight is 467 g/mol. The molecule has 2 aromatic heterocycles. The number of amides is 1. The van der Waals surface area contributed by atoms with Crippen LogP contribution in [0.2, 0.25) is 0 Å². The SMILES string of the molecule is CC.CN(C)CCC1Cc2cc(NC(=O)c3cnn4cccnc34)c(N3CCOCC3)cc2O1. The number of hydrogen-bond acceptors (Lipinski definition) is 7. The standard InChI is InChI=1S/C23H28N6O3.C2H6/c1-27(2)7-4-17-12-16-13-19(20(14-21(16)32-17)28-8-10-31-11-9-28)26-23(30)18-15-25-29-6-3-5-24-22(18)29;1-2/h3,5-6,13-15,17H,4,7-12H2,1-2H3,(H,26,30);1-2H3. The van der Waals surface area contributed by atoms with Crippen LogP contribution in [0.25, 0.3) is 5.65 Å². The molecule has 9 nitrogen and oxygen atoms in total. The van der Waals surface area contributed by atoms with E-state index in [1.54, 1.807) is 29.2 Å². The van der Waals surface area contributed by atoms with Gasteiger partial charge in [0.2, 0.25) is 0 Å². The van der Waals surface area contributed by atoms with Crippen molar-refractivity contribution in [2.75, 3.05) is 57.2 Å². The zero-order chi connectivity index (χ0) is 24.1. The molecule has 0 spiro atoms. The Labute approximate surface area is 200 Å². The van der Waals surface area contributed by atoms with Crippen LogP contribution in [0.3, 0.4) is 0 Å². The number of rotatable bonds is 6. The van der Waals surface area contributed by atoms with Gasteiger partial charge in [0.05, 0.1) is 30.8 Å². The summed E-state index contributed by atoms with van der Waals surface area (Å²) in [6.45, 7) is 7.83. The van der Waals surface area contributed by atoms with Gasteiger partial charge in [0, 0.05) is 50.1 Å². The molecule has 0 aliphatic carbocycles. The molecule has 5 rings (SSSR count). The first-order valence-corrected chi connectivity index (χ1v) is 12.0. The lowest BCUT2D eigenvalue weighted by molar-refractivity contribution is 0.102. The van der Waals surface area contributed by atoms with E-state index in [0.717, 1.165) is 55.2 Å². The molecule has 1 atom stereocenters. The van der Waals surface area contributed by atoms with Crippen molar-refractivity contribution in [3.8, 4) is 5.75 Å². The van der Waals surface area contributed by atoms with Gasteiger partial charge in [-0.2, -0.15) is 5.10 Å². The molecular formula is C25H34N6O3. The minimum Gasteiger partial charge on any atom is -0.490 e. The predicted molar refractivity (Wildman–Crippen MR) is 133 cm³/mol. The van der Waals surface area contributed by atoms with Gasteiger partial charge in [-0.25, -0.2) is 9.50 Å². The lowest BCUT2D eigenvalue weighted by Crippen LogP contribution is -2.36. The summed E-state index contributed by atoms with van der Waals surface area (Å²) >= 11 is 0. The van der Waals surface area contributed by atoms with Crippen molar-refractivity contribution in [3.05, 3.63) is 47.9 Å². The minimum absolute atomic E-state index is 0.153. The van der Waals surface area contributed by atoms with Crippen LogP contribution < -0.4 is 15.0 Å². The zero-order valence-electron chi connectivity index (χ0n) is 20.5. The molecule has 2 aliphatic rings. The van der Waals surface area contributed by atoms with Crippen molar-refractivity contribution in [2.24, 2.45) is 0 Å². The summed E-state index contributed by atoms with van der Waals surface area (Å²) in [7, 11) is 4.14. The molecule has 4 heterocycles. The molecule has 1 aromatic carbocycles. The van der Waals surface area contributed by atoms with Crippen LogP contribution in [0.15, 0.2) is 36.8 Å². The van der Waals surface area contributed by atoms with Crippen LogP contribution >= 0.6 is 0 Å². The highest BCUT2D eigenvalue weighted by molar-refractivity contribution is 6.09. The minimum atomic E-state index is -0.226. The average Bonchev–Trinajstić information content (AvgIpc) is 3.47. The molecule has 2 aliphatic heterocycles. The number of carbonyl (C=O) groups is 1. The second-order valence-electron chi connectivity index (χ2n) is 8.51. The topological polar surface area (TPSA) is 84.2 Å². The first-order chi connectivity index (χ1) is 16.6. The Morgan fingerprint density at radius 3 is 2.79 bits per heavy atom. The van der Waals surface area contributed by atoms with Gasteiger partial charge in [0.15, 0.2) is 5.65 Å². The third-order valence-electron chi connectivity index (χ3n) is 5.94. The molecule has 1 amide bonds. The second kappa shape index (κ2) is 10.8. The third-order valence-corrected chi connectivity index (χ3v) is 5.94. The zero-order valence-corrected chi connectivity index (χ0v) is 20.5. The second-order valence-corrected chi connectivity index (χ2v) is 8.51. The molecule has 3 aromatic rings. The normalized spacial score (nSPS) is 17.2. The summed E-state index contributed by atoms with van der Waals surface area (Å²) in [5.41, 5.74) is 3.84. The van der Waals surface area contributed by atoms with E-state index in [2.05, 4.69) is 51.4 Å². The highest BCUT2D eigenvalue weighted by Crippen LogP contribution is 2.39. The summed E-state index contributed by atoms with van der Waals surface area (Å²) in [5.74, 6) is 0.683. The van der Waals surface area contributed by atoms with Crippen LogP contribution in [0.1, 0.15) is 36.2 Å². The summed E-state index contributed by atoms with van der Waals surface area (Å²) < 4.78 is 13.4. The molecule has 1 fully saturated rings. The van der Waals surface area contributed by atoms with Crippen molar-refractivity contribution in [1.82, 2.24) is 19.5 Å². The predicted octanol–water partition coefficient (Wildman–Crippen LogP) is 3.10. The smallest absolute Gasteiger partial charge is 0.261 e. The Kier molecular flexibility index (Phi) is 7.64. The number of morpholine rings is 1. The molecule has 0 bridgehead atoms. The van der Waals surface area contributed by atoms with E-state index in [4.69, 9.17) is 9.47 Å². The number of benzene rings is 1. The van der Waals surface area contributed by atoms with Crippen molar-refractivity contribution in [1.29, 1.82) is 0 Å². The third kappa shape index (κ3) is 5.15. The van der Waals surface area contributed by atoms with Gasteiger partial charge in [-0.05, 0) is 32.6 Å². The van der Waals surface area contributed by atoms with E-state index >= 15 is 0 Å². The van der Waals surface area contributed by atoms with Crippen molar-refractivity contribution in [3.63, 3.8) is 0 Å². The lowest BCUT2D eigenvalue weighted by Gasteiger charge is -2.31. The van der Waals surface area contributed by atoms with Crippen LogP contribution in [-0.4, -0.2) is 78.5 Å². The fourth-order valence-corrected chi connectivity index (χ4v) is 4.26. The Bertz CT molecular complexity index is 1120. The van der Waals surface area contributed by atoms with Gasteiger partial charge in [-0.3, -0.25) is 4.79 Å². The van der Waals surface area contributed by atoms with Gasteiger partial charge < -0.3 is 24.6 Å². The van der Waals surface area contributed by atoms with E-state index in [1.807, 2.05) is 13.8 Å². The van der Waals surface area contributed by atoms with Gasteiger partial charge in [-0.15, -0.1) is 0 Å². The van der Waals surface area contributed by atoms with Crippen LogP contribution in [0, 0.1) is 0 Å². The molecule has 1 unspecified atom stereocenters. The van der Waals surface area contributed by atoms with Crippen molar-refractivity contribution in [2.45, 2.75) is 32.8 Å². The van der Waals surface area contributed by atoms with E-state index in [-0.39, 0.29) is 12.0 Å². The quantitative estimate of drug-likeness (QED) is 0.598. The monoisotopic (exact) mass is 466 g/mol. The number of fused-ring (bicyclic) bond motifs is 2. The Balaban J connectivity index is 0.00000133. The van der Waals surface area contributed by atoms with E-state index in [0.29, 0.717) is 24.4 Å². The number of anilines is 2. The van der Waals surface area contributed by atoms with Crippen molar-refractivity contribution >= 4 is 22.9 Å². The largest absolute Gasteiger partial charge is 0.490 e. The van der Waals surface area contributed by atoms with E-state index in [1.165, 1.54) is 0 Å². The molecule has 1 N–H and O–H groups in total. The first-order valence-electron chi connectivity index (χ1n) is 12.0. The fraction of sp³-hybridized carbons (Fsp3) is 0.480. The van der Waals surface area contributed by atoms with Crippen molar-refractivity contribution < 1.29 is 14.3 Å². The Morgan fingerprint density at radius 1 is 1.24 bits per heavy atom. The fourth-order valence-electron chi connectivity index (χ4n) is 4.26. The van der Waals surface area contributed by atoms with Gasteiger partial charge >= 0.3 is 0 Å². The molecule has 34 heavy (non-hydrogen) atoms.